The van der Waals surface area contributed by atoms with E-state index in [1.54, 1.807) is 41.0 Å². The standard InChI is InChI=1S/C17H18N4O2S/c1-12-5-2-8-14(11-12)24(22,23)20-15-9-4-10-21-17(15)18-16(19-21)13-6-3-7-13/h2,4-5,8-11,13,20H,3,6-7H2,1H3. The van der Waals surface area contributed by atoms with Crippen molar-refractivity contribution in [1.82, 2.24) is 14.6 Å². The molecule has 7 heteroatoms. The van der Waals surface area contributed by atoms with Crippen molar-refractivity contribution in [3.05, 3.63) is 54.0 Å². The number of anilines is 1. The monoisotopic (exact) mass is 342 g/mol. The van der Waals surface area contributed by atoms with Crippen LogP contribution in [-0.4, -0.2) is 23.0 Å². The van der Waals surface area contributed by atoms with E-state index in [4.69, 9.17) is 0 Å². The number of aryl methyl sites for hydroxylation is 1. The van der Waals surface area contributed by atoms with Crippen molar-refractivity contribution in [2.45, 2.75) is 37.0 Å². The van der Waals surface area contributed by atoms with Gasteiger partial charge in [-0.3, -0.25) is 4.72 Å². The van der Waals surface area contributed by atoms with E-state index in [1.165, 1.54) is 6.42 Å². The molecule has 24 heavy (non-hydrogen) atoms. The maximum atomic E-state index is 12.6. The summed E-state index contributed by atoms with van der Waals surface area (Å²) in [6.07, 6.45) is 5.19. The molecular formula is C17H18N4O2S. The summed E-state index contributed by atoms with van der Waals surface area (Å²) < 4.78 is 29.6. The Morgan fingerprint density at radius 1 is 1.21 bits per heavy atom. The van der Waals surface area contributed by atoms with Crippen molar-refractivity contribution in [1.29, 1.82) is 0 Å². The number of pyridine rings is 1. The van der Waals surface area contributed by atoms with Crippen molar-refractivity contribution in [2.24, 2.45) is 0 Å². The Morgan fingerprint density at radius 3 is 2.75 bits per heavy atom. The second kappa shape index (κ2) is 5.59. The lowest BCUT2D eigenvalue weighted by Gasteiger charge is -2.21. The normalized spacial score (nSPS) is 15.4. The zero-order valence-electron chi connectivity index (χ0n) is 13.3. The summed E-state index contributed by atoms with van der Waals surface area (Å²) in [7, 11) is -3.66. The average molecular weight is 342 g/mol. The number of hydrogen-bond acceptors (Lipinski definition) is 4. The van der Waals surface area contributed by atoms with Crippen molar-refractivity contribution in [3.8, 4) is 0 Å². The van der Waals surface area contributed by atoms with Gasteiger partial charge in [0.2, 0.25) is 0 Å². The summed E-state index contributed by atoms with van der Waals surface area (Å²) in [6.45, 7) is 1.86. The molecule has 2 aromatic heterocycles. The highest BCUT2D eigenvalue weighted by molar-refractivity contribution is 7.92. The Kier molecular flexibility index (Phi) is 3.53. The van der Waals surface area contributed by atoms with Crippen molar-refractivity contribution >= 4 is 21.4 Å². The quantitative estimate of drug-likeness (QED) is 0.790. The largest absolute Gasteiger partial charge is 0.276 e. The number of benzene rings is 1. The van der Waals surface area contributed by atoms with E-state index in [9.17, 15) is 8.42 Å². The number of rotatable bonds is 4. The topological polar surface area (TPSA) is 76.4 Å². The zero-order chi connectivity index (χ0) is 16.7. The summed E-state index contributed by atoms with van der Waals surface area (Å²) in [6, 6.07) is 10.3. The fraction of sp³-hybridized carbons (Fsp3) is 0.294. The van der Waals surface area contributed by atoms with Gasteiger partial charge in [0.25, 0.3) is 10.0 Å². The first-order chi connectivity index (χ1) is 11.5. The van der Waals surface area contributed by atoms with Crippen LogP contribution in [0.4, 0.5) is 5.69 Å². The van der Waals surface area contributed by atoms with Gasteiger partial charge in [0, 0.05) is 12.1 Å². The fourth-order valence-electron chi connectivity index (χ4n) is 2.83. The van der Waals surface area contributed by atoms with Gasteiger partial charge >= 0.3 is 0 Å². The average Bonchev–Trinajstić information content (AvgIpc) is 2.89. The van der Waals surface area contributed by atoms with Gasteiger partial charge in [0.1, 0.15) is 0 Å². The van der Waals surface area contributed by atoms with Gasteiger partial charge < -0.3 is 0 Å². The van der Waals surface area contributed by atoms with Crippen LogP contribution in [0, 0.1) is 6.92 Å². The van der Waals surface area contributed by atoms with Gasteiger partial charge in [-0.25, -0.2) is 17.9 Å². The molecular weight excluding hydrogens is 324 g/mol. The number of fused-ring (bicyclic) bond motifs is 1. The molecule has 1 aliphatic carbocycles. The molecule has 0 spiro atoms. The highest BCUT2D eigenvalue weighted by Crippen LogP contribution is 2.35. The number of nitrogens with one attached hydrogen (secondary N) is 1. The van der Waals surface area contributed by atoms with Gasteiger partial charge in [0.15, 0.2) is 11.5 Å². The van der Waals surface area contributed by atoms with Crippen molar-refractivity contribution in [2.75, 3.05) is 4.72 Å². The van der Waals surface area contributed by atoms with E-state index >= 15 is 0 Å². The molecule has 124 valence electrons. The molecule has 3 aromatic rings. The summed E-state index contributed by atoms with van der Waals surface area (Å²) in [4.78, 5) is 4.79. The Bertz CT molecular complexity index is 1010. The first-order valence-electron chi connectivity index (χ1n) is 7.98. The minimum atomic E-state index is -3.66. The maximum Gasteiger partial charge on any atom is 0.262 e. The maximum absolute atomic E-state index is 12.6. The van der Waals surface area contributed by atoms with Gasteiger partial charge in [-0.05, 0) is 49.6 Å². The fourth-order valence-corrected chi connectivity index (χ4v) is 3.99. The first kappa shape index (κ1) is 15.1. The van der Waals surface area contributed by atoms with Gasteiger partial charge in [-0.1, -0.05) is 18.6 Å². The van der Waals surface area contributed by atoms with E-state index in [-0.39, 0.29) is 4.90 Å². The van der Waals surface area contributed by atoms with E-state index in [0.717, 1.165) is 24.2 Å². The lowest BCUT2D eigenvalue weighted by molar-refractivity contribution is 0.402. The minimum Gasteiger partial charge on any atom is -0.276 e. The molecule has 0 saturated heterocycles. The summed E-state index contributed by atoms with van der Waals surface area (Å²) in [5.74, 6) is 1.19. The summed E-state index contributed by atoms with van der Waals surface area (Å²) in [5, 5.41) is 4.48. The number of aromatic nitrogens is 3. The third kappa shape index (κ3) is 2.65. The Hall–Kier alpha value is -2.41. The Morgan fingerprint density at radius 2 is 2.04 bits per heavy atom. The lowest BCUT2D eigenvalue weighted by Crippen LogP contribution is -2.14. The molecule has 1 N–H and O–H groups in total. The predicted molar refractivity (Wildman–Crippen MR) is 91.6 cm³/mol. The van der Waals surface area contributed by atoms with Crippen LogP contribution < -0.4 is 4.72 Å². The third-order valence-corrected chi connectivity index (χ3v) is 5.76. The lowest BCUT2D eigenvalue weighted by atomic mass is 9.85. The second-order valence-electron chi connectivity index (χ2n) is 6.21. The van der Waals surface area contributed by atoms with Crippen LogP contribution in [-0.2, 0) is 10.0 Å². The van der Waals surface area contributed by atoms with Crippen LogP contribution in [0.15, 0.2) is 47.5 Å². The van der Waals surface area contributed by atoms with E-state index in [2.05, 4.69) is 14.8 Å². The molecule has 2 heterocycles. The second-order valence-corrected chi connectivity index (χ2v) is 7.89. The van der Waals surface area contributed by atoms with Crippen LogP contribution in [0.1, 0.15) is 36.6 Å². The Labute approximate surface area is 140 Å². The smallest absolute Gasteiger partial charge is 0.262 e. The molecule has 1 saturated carbocycles. The molecule has 4 rings (SSSR count). The highest BCUT2D eigenvalue weighted by Gasteiger charge is 2.25. The van der Waals surface area contributed by atoms with E-state index in [1.807, 2.05) is 13.0 Å². The summed E-state index contributed by atoms with van der Waals surface area (Å²) in [5.41, 5.74) is 1.87. The Balaban J connectivity index is 1.72. The van der Waals surface area contributed by atoms with Crippen molar-refractivity contribution in [3.63, 3.8) is 0 Å². The van der Waals surface area contributed by atoms with Crippen LogP contribution in [0.25, 0.3) is 5.65 Å². The minimum absolute atomic E-state index is 0.239. The molecule has 0 atom stereocenters. The molecule has 0 bridgehead atoms. The number of sulfonamides is 1. The molecule has 0 radical (unpaired) electrons. The molecule has 1 fully saturated rings. The van der Waals surface area contributed by atoms with Crippen molar-refractivity contribution < 1.29 is 8.42 Å². The third-order valence-electron chi connectivity index (χ3n) is 4.39. The predicted octanol–water partition coefficient (Wildman–Crippen LogP) is 3.11. The molecule has 0 amide bonds. The van der Waals surface area contributed by atoms with E-state index in [0.29, 0.717) is 17.3 Å². The van der Waals surface area contributed by atoms with Gasteiger partial charge in [-0.15, -0.1) is 0 Å². The van der Waals surface area contributed by atoms with E-state index < -0.39 is 10.0 Å². The molecule has 0 unspecified atom stereocenters. The molecule has 1 aromatic carbocycles. The molecule has 0 aliphatic heterocycles. The molecule has 6 nitrogen and oxygen atoms in total. The van der Waals surface area contributed by atoms with Gasteiger partial charge in [-0.2, -0.15) is 5.10 Å². The molecule has 1 aliphatic rings. The number of nitrogens with zero attached hydrogens (tertiary/aromatic N) is 3. The highest BCUT2D eigenvalue weighted by atomic mass is 32.2. The first-order valence-corrected chi connectivity index (χ1v) is 9.46. The van der Waals surface area contributed by atoms with Crippen LogP contribution in [0.2, 0.25) is 0 Å². The van der Waals surface area contributed by atoms with Crippen LogP contribution >= 0.6 is 0 Å². The van der Waals surface area contributed by atoms with Crippen LogP contribution in [0.3, 0.4) is 0 Å². The van der Waals surface area contributed by atoms with Crippen LogP contribution in [0.5, 0.6) is 0 Å². The summed E-state index contributed by atoms with van der Waals surface area (Å²) >= 11 is 0. The zero-order valence-corrected chi connectivity index (χ0v) is 14.1. The number of hydrogen-bond donors (Lipinski definition) is 1. The van der Waals surface area contributed by atoms with Gasteiger partial charge in [0.05, 0.1) is 10.6 Å². The SMILES string of the molecule is Cc1cccc(S(=O)(=O)Nc2cccn3nc(C4CCC4)nc23)c1.